The summed E-state index contributed by atoms with van der Waals surface area (Å²) in [7, 11) is -4.35. The van der Waals surface area contributed by atoms with Crippen molar-refractivity contribution in [2.24, 2.45) is 0 Å². The summed E-state index contributed by atoms with van der Waals surface area (Å²) in [5.41, 5.74) is 0.494. The number of amides is 1. The lowest BCUT2D eigenvalue weighted by Gasteiger charge is -2.20. The van der Waals surface area contributed by atoms with Gasteiger partial charge in [0.1, 0.15) is 5.75 Å². The Labute approximate surface area is 234 Å². The normalized spacial score (nSPS) is 11.7. The fraction of sp³-hybridized carbons (Fsp3) is 0.138. The maximum Gasteiger partial charge on any atom is 0.530 e. The van der Waals surface area contributed by atoms with Crippen LogP contribution in [-0.4, -0.2) is 5.91 Å². The minimum absolute atomic E-state index is 0.0907. The highest BCUT2D eigenvalue weighted by atomic mass is 35.5. The van der Waals surface area contributed by atoms with Crippen LogP contribution < -0.4 is 9.84 Å². The SMILES string of the molecule is Cc1cc(NC(=O)c2cc(Cl)ccc2OP(=O)(OCc2ccccc2)OCc2ccccc2)cc(C(F)(F)F)c1. The number of phosphoric ester groups is 1. The van der Waals surface area contributed by atoms with Crippen LogP contribution in [0.4, 0.5) is 18.9 Å². The number of nitrogens with one attached hydrogen (secondary N) is 1. The van der Waals surface area contributed by atoms with Crippen LogP contribution >= 0.6 is 19.4 Å². The second-order valence-corrected chi connectivity index (χ2v) is 10.8. The molecule has 0 fully saturated rings. The molecule has 0 saturated heterocycles. The van der Waals surface area contributed by atoms with E-state index in [9.17, 15) is 22.5 Å². The van der Waals surface area contributed by atoms with E-state index in [4.69, 9.17) is 25.2 Å². The molecule has 0 atom stereocenters. The molecule has 1 amide bonds. The van der Waals surface area contributed by atoms with Crippen LogP contribution in [0.25, 0.3) is 0 Å². The van der Waals surface area contributed by atoms with Crippen LogP contribution in [0, 0.1) is 6.92 Å². The van der Waals surface area contributed by atoms with Gasteiger partial charge in [0.2, 0.25) is 0 Å². The van der Waals surface area contributed by atoms with Crippen molar-refractivity contribution in [3.8, 4) is 5.75 Å². The molecule has 0 radical (unpaired) electrons. The number of carbonyl (C=O) groups is 1. The summed E-state index contributed by atoms with van der Waals surface area (Å²) in [6, 6.07) is 24.9. The first kappa shape index (κ1) is 29.4. The Morgan fingerprint density at radius 1 is 0.850 bits per heavy atom. The van der Waals surface area contributed by atoms with Crippen LogP contribution in [0.2, 0.25) is 5.02 Å². The molecule has 40 heavy (non-hydrogen) atoms. The van der Waals surface area contributed by atoms with E-state index in [-0.39, 0.29) is 35.2 Å². The zero-order valence-electron chi connectivity index (χ0n) is 21.2. The minimum atomic E-state index is -4.60. The summed E-state index contributed by atoms with van der Waals surface area (Å²) in [5.74, 6) is -1.04. The first-order chi connectivity index (χ1) is 19.0. The van der Waals surface area contributed by atoms with Crippen molar-refractivity contribution in [2.45, 2.75) is 26.3 Å². The van der Waals surface area contributed by atoms with Gasteiger partial charge in [0.05, 0.1) is 24.3 Å². The van der Waals surface area contributed by atoms with Gasteiger partial charge in [-0.2, -0.15) is 13.2 Å². The third kappa shape index (κ3) is 8.19. The van der Waals surface area contributed by atoms with Gasteiger partial charge in [-0.25, -0.2) is 4.57 Å². The molecular formula is C29H24ClF3NO5P. The highest BCUT2D eigenvalue weighted by Gasteiger charge is 2.33. The third-order valence-electron chi connectivity index (χ3n) is 5.52. The summed E-state index contributed by atoms with van der Waals surface area (Å²) < 4.78 is 70.6. The van der Waals surface area contributed by atoms with Crippen LogP contribution in [-0.2, 0) is 33.0 Å². The van der Waals surface area contributed by atoms with E-state index in [1.54, 1.807) is 48.5 Å². The van der Waals surface area contributed by atoms with Crippen molar-refractivity contribution in [1.29, 1.82) is 0 Å². The highest BCUT2D eigenvalue weighted by molar-refractivity contribution is 7.48. The maximum atomic E-state index is 13.8. The minimum Gasteiger partial charge on any atom is -0.403 e. The van der Waals surface area contributed by atoms with Crippen LogP contribution in [0.5, 0.6) is 5.75 Å². The summed E-state index contributed by atoms with van der Waals surface area (Å²) in [6.45, 7) is 1.24. The highest BCUT2D eigenvalue weighted by Crippen LogP contribution is 2.52. The lowest BCUT2D eigenvalue weighted by atomic mass is 10.1. The number of rotatable bonds is 10. The van der Waals surface area contributed by atoms with Crippen LogP contribution in [0.15, 0.2) is 97.1 Å². The zero-order valence-corrected chi connectivity index (χ0v) is 22.8. The van der Waals surface area contributed by atoms with E-state index in [1.165, 1.54) is 31.2 Å². The summed E-state index contributed by atoms with van der Waals surface area (Å²) in [6.07, 6.45) is -4.60. The molecular weight excluding hydrogens is 566 g/mol. The van der Waals surface area contributed by atoms with Crippen molar-refractivity contribution < 1.29 is 36.1 Å². The van der Waals surface area contributed by atoms with Gasteiger partial charge in [0.15, 0.2) is 0 Å². The van der Waals surface area contributed by atoms with Gasteiger partial charge < -0.3 is 9.84 Å². The van der Waals surface area contributed by atoms with Crippen LogP contribution in [0.1, 0.15) is 32.6 Å². The van der Waals surface area contributed by atoms with Gasteiger partial charge in [-0.05, 0) is 60.0 Å². The van der Waals surface area contributed by atoms with E-state index in [1.807, 2.05) is 12.1 Å². The second kappa shape index (κ2) is 12.7. The lowest BCUT2D eigenvalue weighted by Crippen LogP contribution is -2.15. The Morgan fingerprint density at radius 2 is 1.43 bits per heavy atom. The number of benzene rings is 4. The Hall–Kier alpha value is -3.62. The second-order valence-electron chi connectivity index (χ2n) is 8.74. The van der Waals surface area contributed by atoms with Crippen molar-refractivity contribution in [3.05, 3.63) is 130 Å². The van der Waals surface area contributed by atoms with Gasteiger partial charge in [-0.15, -0.1) is 0 Å². The molecule has 208 valence electrons. The third-order valence-corrected chi connectivity index (χ3v) is 7.07. The average Bonchev–Trinajstić information content (AvgIpc) is 2.92. The molecule has 0 spiro atoms. The number of anilines is 1. The van der Waals surface area contributed by atoms with E-state index >= 15 is 0 Å². The molecule has 4 aromatic carbocycles. The molecule has 0 heterocycles. The van der Waals surface area contributed by atoms with E-state index in [2.05, 4.69) is 5.32 Å². The number of alkyl halides is 3. The molecule has 4 aromatic rings. The molecule has 1 N–H and O–H groups in total. The first-order valence-electron chi connectivity index (χ1n) is 12.0. The van der Waals surface area contributed by atoms with Gasteiger partial charge in [0.25, 0.3) is 5.91 Å². The smallest absolute Gasteiger partial charge is 0.403 e. The van der Waals surface area contributed by atoms with Crippen molar-refractivity contribution in [3.63, 3.8) is 0 Å². The standard InChI is InChI=1S/C29H24ClF3NO5P/c1-20-14-23(29(31,32)33)16-25(15-20)34-28(35)26-17-24(30)12-13-27(26)39-40(36,37-18-21-8-4-2-5-9-21)38-19-22-10-6-3-7-11-22/h2-17H,18-19H2,1H3,(H,34,35). The van der Waals surface area contributed by atoms with Crippen molar-refractivity contribution in [1.82, 2.24) is 0 Å². The topological polar surface area (TPSA) is 73.9 Å². The molecule has 6 nitrogen and oxygen atoms in total. The fourth-order valence-corrected chi connectivity index (χ4v) is 5.01. The molecule has 4 rings (SSSR count). The predicted molar refractivity (Wildman–Crippen MR) is 146 cm³/mol. The summed E-state index contributed by atoms with van der Waals surface area (Å²) >= 11 is 6.11. The number of halogens is 4. The fourth-order valence-electron chi connectivity index (χ4n) is 3.64. The largest absolute Gasteiger partial charge is 0.530 e. The van der Waals surface area contributed by atoms with Gasteiger partial charge in [0, 0.05) is 10.7 Å². The zero-order chi connectivity index (χ0) is 28.8. The lowest BCUT2D eigenvalue weighted by molar-refractivity contribution is -0.137. The molecule has 0 aromatic heterocycles. The van der Waals surface area contributed by atoms with E-state index in [0.29, 0.717) is 16.7 Å². The first-order valence-corrected chi connectivity index (χ1v) is 13.8. The van der Waals surface area contributed by atoms with Crippen LogP contribution in [0.3, 0.4) is 0 Å². The Morgan fingerprint density at radius 3 is 1.98 bits per heavy atom. The van der Waals surface area contributed by atoms with Gasteiger partial charge in [-0.1, -0.05) is 72.3 Å². The summed E-state index contributed by atoms with van der Waals surface area (Å²) in [4.78, 5) is 13.2. The molecule has 0 aliphatic heterocycles. The Bertz CT molecular complexity index is 1470. The number of aryl methyl sites for hydroxylation is 1. The van der Waals surface area contributed by atoms with E-state index < -0.39 is 25.5 Å². The monoisotopic (exact) mass is 589 g/mol. The Kier molecular flexibility index (Phi) is 9.32. The molecule has 0 aliphatic rings. The molecule has 11 heteroatoms. The van der Waals surface area contributed by atoms with Gasteiger partial charge >= 0.3 is 14.0 Å². The number of carbonyl (C=O) groups excluding carboxylic acids is 1. The van der Waals surface area contributed by atoms with Gasteiger partial charge in [-0.3, -0.25) is 13.8 Å². The van der Waals surface area contributed by atoms with Crippen molar-refractivity contribution in [2.75, 3.05) is 5.32 Å². The molecule has 0 unspecified atom stereocenters. The molecule has 0 bridgehead atoms. The predicted octanol–water partition coefficient (Wildman–Crippen LogP) is 8.84. The average molecular weight is 590 g/mol. The maximum absolute atomic E-state index is 13.8. The van der Waals surface area contributed by atoms with E-state index in [0.717, 1.165) is 12.1 Å². The number of hydrogen-bond donors (Lipinski definition) is 1. The number of hydrogen-bond acceptors (Lipinski definition) is 5. The molecule has 0 saturated carbocycles. The summed E-state index contributed by atoms with van der Waals surface area (Å²) in [5, 5.41) is 2.57. The quantitative estimate of drug-likeness (QED) is 0.187. The number of phosphoric acid groups is 1. The Balaban J connectivity index is 1.61. The molecule has 0 aliphatic carbocycles. The van der Waals surface area contributed by atoms with Crippen molar-refractivity contribution >= 4 is 31.0 Å².